The summed E-state index contributed by atoms with van der Waals surface area (Å²) < 4.78 is 14.2. The summed E-state index contributed by atoms with van der Waals surface area (Å²) in [4.78, 5) is 42.8. The van der Waals surface area contributed by atoms with Crippen molar-refractivity contribution in [3.8, 4) is 11.4 Å². The maximum absolute atomic E-state index is 14.2. The number of aryl methyl sites for hydroxylation is 1. The van der Waals surface area contributed by atoms with Gasteiger partial charge in [-0.15, -0.1) is 0 Å². The van der Waals surface area contributed by atoms with Crippen LogP contribution in [0.3, 0.4) is 0 Å². The zero-order chi connectivity index (χ0) is 26.4. The SMILES string of the molecule is Cc1ccc(F)cc1N(c1cc[nH]c(=O)c1-c1nc2cc3c(cc2[nH]1)CN(CCN(C)C)C3=O)C(C)C. The summed E-state index contributed by atoms with van der Waals surface area (Å²) in [5, 5.41) is 0. The number of fused-ring (bicyclic) bond motifs is 2. The molecule has 0 radical (unpaired) electrons. The number of pyridine rings is 1. The summed E-state index contributed by atoms with van der Waals surface area (Å²) >= 11 is 0. The molecule has 0 atom stereocenters. The molecule has 0 unspecified atom stereocenters. The van der Waals surface area contributed by atoms with Crippen LogP contribution >= 0.6 is 0 Å². The van der Waals surface area contributed by atoms with E-state index in [9.17, 15) is 14.0 Å². The summed E-state index contributed by atoms with van der Waals surface area (Å²) in [5.74, 6) is 0.0430. The van der Waals surface area contributed by atoms with Crippen molar-refractivity contribution in [3.05, 3.63) is 75.5 Å². The Morgan fingerprint density at radius 1 is 1.11 bits per heavy atom. The first-order chi connectivity index (χ1) is 17.6. The highest BCUT2D eigenvalue weighted by Gasteiger charge is 2.29. The number of rotatable bonds is 7. The Kier molecular flexibility index (Phi) is 6.33. The van der Waals surface area contributed by atoms with E-state index in [1.165, 1.54) is 12.1 Å². The van der Waals surface area contributed by atoms with E-state index in [0.29, 0.717) is 46.9 Å². The normalized spacial score (nSPS) is 13.3. The van der Waals surface area contributed by atoms with Crippen LogP contribution in [-0.4, -0.2) is 63.9 Å². The third-order valence-electron chi connectivity index (χ3n) is 6.79. The maximum Gasteiger partial charge on any atom is 0.261 e. The van der Waals surface area contributed by atoms with Crippen molar-refractivity contribution in [2.45, 2.75) is 33.4 Å². The van der Waals surface area contributed by atoms with Gasteiger partial charge in [-0.1, -0.05) is 6.07 Å². The number of H-pyrrole nitrogens is 2. The molecule has 1 aliphatic rings. The van der Waals surface area contributed by atoms with Gasteiger partial charge in [-0.05, 0) is 76.3 Å². The second kappa shape index (κ2) is 9.48. The summed E-state index contributed by atoms with van der Waals surface area (Å²) in [7, 11) is 3.97. The number of halogens is 1. The van der Waals surface area contributed by atoms with Crippen molar-refractivity contribution in [2.24, 2.45) is 0 Å². The molecule has 2 N–H and O–H groups in total. The minimum atomic E-state index is -0.347. The number of likely N-dealkylation sites (N-methyl/N-ethyl adjacent to an activating group) is 1. The number of carbonyl (C=O) groups excluding carboxylic acids is 1. The van der Waals surface area contributed by atoms with Gasteiger partial charge in [-0.2, -0.15) is 0 Å². The molecule has 8 nitrogen and oxygen atoms in total. The van der Waals surface area contributed by atoms with E-state index in [1.807, 2.05) is 50.7 Å². The molecule has 0 bridgehead atoms. The van der Waals surface area contributed by atoms with Crippen molar-refractivity contribution in [1.82, 2.24) is 24.8 Å². The molecule has 0 saturated heterocycles. The van der Waals surface area contributed by atoms with E-state index < -0.39 is 0 Å². The average molecular weight is 503 g/mol. The number of hydrogen-bond acceptors (Lipinski definition) is 5. The van der Waals surface area contributed by atoms with Gasteiger partial charge in [-0.25, -0.2) is 9.37 Å². The number of anilines is 2. The van der Waals surface area contributed by atoms with Crippen molar-refractivity contribution in [3.63, 3.8) is 0 Å². The van der Waals surface area contributed by atoms with Gasteiger partial charge in [-0.3, -0.25) is 9.59 Å². The van der Waals surface area contributed by atoms with E-state index in [2.05, 4.69) is 14.9 Å². The monoisotopic (exact) mass is 502 g/mol. The van der Waals surface area contributed by atoms with Crippen LogP contribution in [-0.2, 0) is 6.54 Å². The third-order valence-corrected chi connectivity index (χ3v) is 6.79. The Bertz CT molecular complexity index is 1550. The fourth-order valence-electron chi connectivity index (χ4n) is 4.92. The van der Waals surface area contributed by atoms with Crippen LogP contribution in [0.25, 0.3) is 22.4 Å². The lowest BCUT2D eigenvalue weighted by Crippen LogP contribution is -2.31. The second-order valence-corrected chi connectivity index (χ2v) is 10.1. The number of aromatic nitrogens is 3. The van der Waals surface area contributed by atoms with Crippen LogP contribution < -0.4 is 10.5 Å². The third kappa shape index (κ3) is 4.51. The molecule has 3 heterocycles. The topological polar surface area (TPSA) is 88.3 Å². The van der Waals surface area contributed by atoms with Crippen molar-refractivity contribution in [2.75, 3.05) is 32.1 Å². The lowest BCUT2D eigenvalue weighted by molar-refractivity contribution is 0.0768. The summed E-state index contributed by atoms with van der Waals surface area (Å²) in [6.45, 7) is 7.89. The lowest BCUT2D eigenvalue weighted by Gasteiger charge is -2.31. The van der Waals surface area contributed by atoms with Crippen molar-refractivity contribution in [1.29, 1.82) is 0 Å². The van der Waals surface area contributed by atoms with Crippen molar-refractivity contribution < 1.29 is 9.18 Å². The molecular weight excluding hydrogens is 471 g/mol. The van der Waals surface area contributed by atoms with Crippen LogP contribution in [0, 0.1) is 12.7 Å². The smallest absolute Gasteiger partial charge is 0.261 e. The fourth-order valence-corrected chi connectivity index (χ4v) is 4.92. The molecule has 1 aliphatic heterocycles. The number of hydrogen-bond donors (Lipinski definition) is 2. The first-order valence-electron chi connectivity index (χ1n) is 12.4. The van der Waals surface area contributed by atoms with E-state index >= 15 is 0 Å². The van der Waals surface area contributed by atoms with Crippen LogP contribution in [0.15, 0.2) is 47.4 Å². The van der Waals surface area contributed by atoms with E-state index in [0.717, 1.165) is 23.2 Å². The number of imidazole rings is 1. The molecular formula is C28H31FN6O2. The Morgan fingerprint density at radius 3 is 2.62 bits per heavy atom. The first-order valence-corrected chi connectivity index (χ1v) is 12.4. The Hall–Kier alpha value is -3.98. The lowest BCUT2D eigenvalue weighted by atomic mass is 10.1. The highest BCUT2D eigenvalue weighted by molar-refractivity contribution is 6.02. The molecule has 5 rings (SSSR count). The van der Waals surface area contributed by atoms with E-state index in [-0.39, 0.29) is 23.3 Å². The summed E-state index contributed by atoms with van der Waals surface area (Å²) in [6.07, 6.45) is 1.59. The number of aromatic amines is 2. The highest BCUT2D eigenvalue weighted by Crippen LogP contribution is 2.36. The summed E-state index contributed by atoms with van der Waals surface area (Å²) in [5.41, 5.74) is 5.18. The van der Waals surface area contributed by atoms with Crippen LogP contribution in [0.2, 0.25) is 0 Å². The van der Waals surface area contributed by atoms with Gasteiger partial charge in [0.1, 0.15) is 17.2 Å². The van der Waals surface area contributed by atoms with Gasteiger partial charge in [0.15, 0.2) is 0 Å². The zero-order valence-corrected chi connectivity index (χ0v) is 21.7. The number of amides is 1. The molecule has 0 saturated carbocycles. The number of carbonyl (C=O) groups is 1. The molecule has 0 fully saturated rings. The summed E-state index contributed by atoms with van der Waals surface area (Å²) in [6, 6.07) is 10.1. The van der Waals surface area contributed by atoms with Gasteiger partial charge < -0.3 is 24.7 Å². The predicted octanol–water partition coefficient (Wildman–Crippen LogP) is 4.43. The molecule has 2 aromatic heterocycles. The largest absolute Gasteiger partial charge is 0.338 e. The van der Waals surface area contributed by atoms with Crippen molar-refractivity contribution >= 4 is 28.3 Å². The zero-order valence-electron chi connectivity index (χ0n) is 21.7. The fraction of sp³-hybridized carbons (Fsp3) is 0.321. The molecule has 2 aromatic carbocycles. The van der Waals surface area contributed by atoms with Crippen LogP contribution in [0.1, 0.15) is 35.3 Å². The Balaban J connectivity index is 1.59. The van der Waals surface area contributed by atoms with Crippen LogP contribution in [0.4, 0.5) is 15.8 Å². The molecule has 0 spiro atoms. The first kappa shape index (κ1) is 24.7. The van der Waals surface area contributed by atoms with Gasteiger partial charge in [0.05, 0.1) is 16.7 Å². The molecule has 192 valence electrons. The van der Waals surface area contributed by atoms with E-state index in [1.54, 1.807) is 24.4 Å². The molecule has 1 amide bonds. The molecule has 9 heteroatoms. The number of benzene rings is 2. The van der Waals surface area contributed by atoms with Crippen LogP contribution in [0.5, 0.6) is 0 Å². The van der Waals surface area contributed by atoms with Gasteiger partial charge in [0.2, 0.25) is 0 Å². The Morgan fingerprint density at radius 2 is 1.89 bits per heavy atom. The average Bonchev–Trinajstić information content (AvgIpc) is 3.38. The predicted molar refractivity (Wildman–Crippen MR) is 144 cm³/mol. The maximum atomic E-state index is 14.2. The minimum Gasteiger partial charge on any atom is -0.338 e. The highest BCUT2D eigenvalue weighted by atomic mass is 19.1. The van der Waals surface area contributed by atoms with Gasteiger partial charge in [0, 0.05) is 43.1 Å². The quantitative estimate of drug-likeness (QED) is 0.390. The van der Waals surface area contributed by atoms with E-state index in [4.69, 9.17) is 4.98 Å². The van der Waals surface area contributed by atoms with Gasteiger partial charge in [0.25, 0.3) is 11.5 Å². The molecule has 37 heavy (non-hydrogen) atoms. The minimum absolute atomic E-state index is 0.00545. The second-order valence-electron chi connectivity index (χ2n) is 10.1. The molecule has 0 aliphatic carbocycles. The Labute approximate surface area is 214 Å². The number of nitrogens with zero attached hydrogens (tertiary/aromatic N) is 4. The number of nitrogens with one attached hydrogen (secondary N) is 2. The standard InChI is InChI=1S/C28H31FN6O2/c1-16(2)35(24-13-19(29)7-6-17(24)3)23-8-9-30-27(36)25(23)26-31-21-12-18-15-34(11-10-33(4)5)28(37)20(18)14-22(21)32-26/h6-9,12-14,16H,10-11,15H2,1-5H3,(H,30,36)(H,31,32). The molecule has 4 aromatic rings. The van der Waals surface area contributed by atoms with Gasteiger partial charge >= 0.3 is 0 Å².